The van der Waals surface area contributed by atoms with Gasteiger partial charge >= 0.3 is 5.97 Å². The van der Waals surface area contributed by atoms with Crippen LogP contribution in [0.15, 0.2) is 18.2 Å². The molecule has 1 aliphatic heterocycles. The number of amides is 1. The molecule has 2 rings (SSSR count). The van der Waals surface area contributed by atoms with Gasteiger partial charge in [0, 0.05) is 13.1 Å². The van der Waals surface area contributed by atoms with Crippen molar-refractivity contribution in [3.63, 3.8) is 0 Å². The Labute approximate surface area is 130 Å². The third kappa shape index (κ3) is 3.78. The van der Waals surface area contributed by atoms with Crippen LogP contribution in [0.3, 0.4) is 0 Å². The van der Waals surface area contributed by atoms with Crippen LogP contribution in [0, 0.1) is 18.8 Å². The van der Waals surface area contributed by atoms with Gasteiger partial charge < -0.3 is 14.7 Å². The zero-order valence-corrected chi connectivity index (χ0v) is 13.3. The molecule has 0 aliphatic carbocycles. The Bertz CT molecular complexity index is 560. The summed E-state index contributed by atoms with van der Waals surface area (Å²) in [6.07, 6.45) is 1.11. The summed E-state index contributed by atoms with van der Waals surface area (Å²) in [5.41, 5.74) is 0.688. The van der Waals surface area contributed by atoms with Crippen molar-refractivity contribution in [1.29, 1.82) is 0 Å². The molecular formula is C17H23NO4. The molecule has 0 aromatic heterocycles. The first kappa shape index (κ1) is 16.3. The second-order valence-electron chi connectivity index (χ2n) is 6.29. The minimum absolute atomic E-state index is 0.0909. The molecule has 1 N–H and O–H groups in total. The zero-order chi connectivity index (χ0) is 16.3. The van der Waals surface area contributed by atoms with Crippen molar-refractivity contribution in [3.05, 3.63) is 29.3 Å². The first-order valence-electron chi connectivity index (χ1n) is 7.62. The second kappa shape index (κ2) is 6.81. The highest BCUT2D eigenvalue weighted by atomic mass is 16.5. The van der Waals surface area contributed by atoms with Crippen molar-refractivity contribution in [2.45, 2.75) is 27.2 Å². The summed E-state index contributed by atoms with van der Waals surface area (Å²) >= 11 is 0. The molecule has 0 saturated carbocycles. The third-order valence-corrected chi connectivity index (χ3v) is 4.01. The normalized spacial score (nSPS) is 21.5. The number of aryl methyl sites for hydroxylation is 1. The van der Waals surface area contributed by atoms with E-state index in [4.69, 9.17) is 4.74 Å². The molecule has 0 unspecified atom stereocenters. The molecule has 1 saturated heterocycles. The van der Waals surface area contributed by atoms with Crippen LogP contribution in [-0.2, 0) is 9.53 Å². The van der Waals surface area contributed by atoms with E-state index in [0.29, 0.717) is 30.5 Å². The maximum Gasteiger partial charge on any atom is 0.342 e. The predicted molar refractivity (Wildman–Crippen MR) is 82.7 cm³/mol. The smallest absolute Gasteiger partial charge is 0.342 e. The Kier molecular flexibility index (Phi) is 5.06. The number of carbonyl (C=O) groups excluding carboxylic acids is 2. The highest BCUT2D eigenvalue weighted by Crippen LogP contribution is 2.23. The van der Waals surface area contributed by atoms with Gasteiger partial charge in [-0.2, -0.15) is 0 Å². The number of likely N-dealkylation sites (tertiary alicyclic amines) is 1. The maximum atomic E-state index is 12.2. The van der Waals surface area contributed by atoms with Crippen molar-refractivity contribution in [2.24, 2.45) is 11.8 Å². The number of nitrogens with zero attached hydrogens (tertiary/aromatic N) is 1. The third-order valence-electron chi connectivity index (χ3n) is 4.01. The van der Waals surface area contributed by atoms with E-state index in [2.05, 4.69) is 13.8 Å². The van der Waals surface area contributed by atoms with E-state index in [1.165, 1.54) is 6.07 Å². The van der Waals surface area contributed by atoms with Gasteiger partial charge in [0.25, 0.3) is 5.91 Å². The molecule has 2 atom stereocenters. The fraction of sp³-hybridized carbons (Fsp3) is 0.529. The monoisotopic (exact) mass is 305 g/mol. The van der Waals surface area contributed by atoms with Gasteiger partial charge in [-0.25, -0.2) is 4.79 Å². The fourth-order valence-electron chi connectivity index (χ4n) is 2.99. The van der Waals surface area contributed by atoms with Gasteiger partial charge in [0.15, 0.2) is 6.61 Å². The van der Waals surface area contributed by atoms with Crippen LogP contribution in [0.5, 0.6) is 5.75 Å². The van der Waals surface area contributed by atoms with E-state index in [1.807, 2.05) is 0 Å². The van der Waals surface area contributed by atoms with E-state index < -0.39 is 5.97 Å². The average Bonchev–Trinajstić information content (AvgIpc) is 2.46. The van der Waals surface area contributed by atoms with Gasteiger partial charge in [0.1, 0.15) is 11.3 Å². The summed E-state index contributed by atoms with van der Waals surface area (Å²) in [5.74, 6) is -0.0276. The molecular weight excluding hydrogens is 282 g/mol. The van der Waals surface area contributed by atoms with Crippen LogP contribution < -0.4 is 0 Å². The quantitative estimate of drug-likeness (QED) is 0.871. The molecule has 1 aromatic rings. The van der Waals surface area contributed by atoms with Gasteiger partial charge in [-0.1, -0.05) is 26.0 Å². The Hall–Kier alpha value is -2.04. The van der Waals surface area contributed by atoms with Gasteiger partial charge in [-0.15, -0.1) is 0 Å². The number of phenolic OH excluding ortho intramolecular Hbond substituents is 1. The largest absolute Gasteiger partial charge is 0.507 e. The summed E-state index contributed by atoms with van der Waals surface area (Å²) in [4.78, 5) is 25.9. The lowest BCUT2D eigenvalue weighted by molar-refractivity contribution is -0.137. The highest BCUT2D eigenvalue weighted by molar-refractivity contribution is 5.94. The Balaban J connectivity index is 1.93. The SMILES string of the molecule is Cc1cccc(C(=O)OCC(=O)N2C[C@H](C)C[C@@H](C)C2)c1O. The molecule has 22 heavy (non-hydrogen) atoms. The number of hydrogen-bond acceptors (Lipinski definition) is 4. The summed E-state index contributed by atoms with van der Waals surface area (Å²) in [7, 11) is 0. The number of rotatable bonds is 3. The van der Waals surface area contributed by atoms with E-state index in [0.717, 1.165) is 6.42 Å². The second-order valence-corrected chi connectivity index (χ2v) is 6.29. The van der Waals surface area contributed by atoms with Crippen LogP contribution in [0.2, 0.25) is 0 Å². The van der Waals surface area contributed by atoms with Crippen LogP contribution >= 0.6 is 0 Å². The maximum absolute atomic E-state index is 12.2. The molecule has 1 heterocycles. The van der Waals surface area contributed by atoms with Crippen LogP contribution in [0.25, 0.3) is 0 Å². The van der Waals surface area contributed by atoms with E-state index >= 15 is 0 Å². The van der Waals surface area contributed by atoms with Crippen LogP contribution in [-0.4, -0.2) is 41.6 Å². The molecule has 5 nitrogen and oxygen atoms in total. The van der Waals surface area contributed by atoms with Gasteiger partial charge in [0.05, 0.1) is 0 Å². The van der Waals surface area contributed by atoms with Crippen LogP contribution in [0.4, 0.5) is 0 Å². The summed E-state index contributed by atoms with van der Waals surface area (Å²) in [6.45, 7) is 7.06. The molecule has 5 heteroatoms. The van der Waals surface area contributed by atoms with E-state index in [1.54, 1.807) is 24.0 Å². The average molecular weight is 305 g/mol. The highest BCUT2D eigenvalue weighted by Gasteiger charge is 2.26. The number of piperidine rings is 1. The summed E-state index contributed by atoms with van der Waals surface area (Å²) in [6, 6.07) is 4.86. The van der Waals surface area contributed by atoms with Crippen molar-refractivity contribution in [2.75, 3.05) is 19.7 Å². The van der Waals surface area contributed by atoms with E-state index in [9.17, 15) is 14.7 Å². The minimum Gasteiger partial charge on any atom is -0.507 e. The first-order chi connectivity index (χ1) is 10.4. The molecule has 1 fully saturated rings. The molecule has 0 bridgehead atoms. The Morgan fingerprint density at radius 3 is 2.55 bits per heavy atom. The lowest BCUT2D eigenvalue weighted by atomic mass is 9.92. The number of phenols is 1. The molecule has 1 aromatic carbocycles. The van der Waals surface area contributed by atoms with Crippen molar-refractivity contribution < 1.29 is 19.4 Å². The Morgan fingerprint density at radius 2 is 1.91 bits per heavy atom. The standard InChI is InChI=1S/C17H23NO4/c1-11-7-12(2)9-18(8-11)15(19)10-22-17(21)14-6-4-5-13(3)16(14)20/h4-6,11-12,20H,7-10H2,1-3H3/t11-,12-/m1/s1. The number of aromatic hydroxyl groups is 1. The number of esters is 1. The van der Waals surface area contributed by atoms with Gasteiger partial charge in [-0.05, 0) is 36.8 Å². The summed E-state index contributed by atoms with van der Waals surface area (Å²) < 4.78 is 5.06. The number of carbonyl (C=O) groups is 2. The lowest BCUT2D eigenvalue weighted by Gasteiger charge is -2.34. The van der Waals surface area contributed by atoms with E-state index in [-0.39, 0.29) is 23.8 Å². The predicted octanol–water partition coefficient (Wildman–Crippen LogP) is 2.36. The van der Waals surface area contributed by atoms with Crippen molar-refractivity contribution >= 4 is 11.9 Å². The van der Waals surface area contributed by atoms with Crippen molar-refractivity contribution in [3.8, 4) is 5.75 Å². The van der Waals surface area contributed by atoms with Crippen LogP contribution in [0.1, 0.15) is 36.2 Å². The number of ether oxygens (including phenoxy) is 1. The fourth-order valence-corrected chi connectivity index (χ4v) is 2.99. The van der Waals surface area contributed by atoms with Gasteiger partial charge in [-0.3, -0.25) is 4.79 Å². The topological polar surface area (TPSA) is 66.8 Å². The molecule has 120 valence electrons. The molecule has 1 amide bonds. The zero-order valence-electron chi connectivity index (χ0n) is 13.3. The van der Waals surface area contributed by atoms with Gasteiger partial charge in [0.2, 0.25) is 0 Å². The molecule has 1 aliphatic rings. The first-order valence-corrected chi connectivity index (χ1v) is 7.62. The lowest BCUT2D eigenvalue weighted by Crippen LogP contribution is -2.44. The Morgan fingerprint density at radius 1 is 1.27 bits per heavy atom. The number of para-hydroxylation sites is 1. The number of hydrogen-bond donors (Lipinski definition) is 1. The van der Waals surface area contributed by atoms with Crippen molar-refractivity contribution in [1.82, 2.24) is 4.90 Å². The number of benzene rings is 1. The minimum atomic E-state index is -0.673. The molecule has 0 spiro atoms. The summed E-state index contributed by atoms with van der Waals surface area (Å²) in [5, 5.41) is 9.86. The molecule has 0 radical (unpaired) electrons.